The second-order valence-corrected chi connectivity index (χ2v) is 3.11. The van der Waals surface area contributed by atoms with Crippen LogP contribution in [0.4, 0.5) is 14.5 Å². The van der Waals surface area contributed by atoms with Crippen molar-refractivity contribution in [1.82, 2.24) is 4.98 Å². The highest BCUT2D eigenvalue weighted by Gasteiger charge is 2.17. The molecule has 0 aromatic carbocycles. The van der Waals surface area contributed by atoms with E-state index in [1.165, 1.54) is 6.20 Å². The molecular formula is C7H7BrF2N2. The summed E-state index contributed by atoms with van der Waals surface area (Å²) in [7, 11) is 0. The molecule has 0 bridgehead atoms. The molecule has 0 unspecified atom stereocenters. The second-order valence-electron chi connectivity index (χ2n) is 2.36. The lowest BCUT2D eigenvalue weighted by Crippen LogP contribution is -2.00. The minimum Gasteiger partial charge on any atom is -0.398 e. The Bertz CT molecular complexity index is 302. The van der Waals surface area contributed by atoms with E-state index in [9.17, 15) is 8.78 Å². The largest absolute Gasteiger partial charge is 0.398 e. The van der Waals surface area contributed by atoms with Crippen LogP contribution >= 0.6 is 15.9 Å². The fraction of sp³-hybridized carbons (Fsp3) is 0.286. The highest BCUT2D eigenvalue weighted by molar-refractivity contribution is 9.10. The molecule has 0 saturated carbocycles. The summed E-state index contributed by atoms with van der Waals surface area (Å²) in [6.07, 6.45) is -1.14. The molecule has 0 atom stereocenters. The monoisotopic (exact) mass is 236 g/mol. The molecule has 2 nitrogen and oxygen atoms in total. The fourth-order valence-corrected chi connectivity index (χ4v) is 1.31. The number of pyridine rings is 1. The van der Waals surface area contributed by atoms with Gasteiger partial charge >= 0.3 is 0 Å². The standard InChI is InChI=1S/C7H7BrF2N2/c1-3-2-12-6(8)4(5(3)11)7(9)10/h2,7H,1H3,(H2,11,12). The summed E-state index contributed by atoms with van der Waals surface area (Å²) >= 11 is 2.91. The summed E-state index contributed by atoms with van der Waals surface area (Å²) < 4.78 is 24.7. The van der Waals surface area contributed by atoms with Gasteiger partial charge in [0, 0.05) is 11.9 Å². The number of aryl methyl sites for hydroxylation is 1. The number of rotatable bonds is 1. The molecule has 0 aliphatic heterocycles. The summed E-state index contributed by atoms with van der Waals surface area (Å²) in [6.45, 7) is 1.64. The number of aromatic nitrogens is 1. The van der Waals surface area contributed by atoms with Crippen LogP contribution in [0.25, 0.3) is 0 Å². The average Bonchev–Trinajstić information content (AvgIpc) is 1.97. The van der Waals surface area contributed by atoms with Gasteiger partial charge in [-0.2, -0.15) is 0 Å². The van der Waals surface area contributed by atoms with Gasteiger partial charge in [0.1, 0.15) is 4.60 Å². The van der Waals surface area contributed by atoms with Crippen LogP contribution in [0.3, 0.4) is 0 Å². The molecule has 1 rings (SSSR count). The first-order valence-electron chi connectivity index (χ1n) is 3.22. The zero-order valence-electron chi connectivity index (χ0n) is 6.31. The molecule has 0 aliphatic carbocycles. The molecule has 0 radical (unpaired) electrons. The fourth-order valence-electron chi connectivity index (χ4n) is 0.824. The van der Waals surface area contributed by atoms with Gasteiger partial charge in [0.05, 0.1) is 5.56 Å². The zero-order valence-corrected chi connectivity index (χ0v) is 7.90. The van der Waals surface area contributed by atoms with E-state index in [4.69, 9.17) is 5.73 Å². The van der Waals surface area contributed by atoms with Crippen LogP contribution < -0.4 is 5.73 Å². The van der Waals surface area contributed by atoms with Crippen LogP contribution in [-0.4, -0.2) is 4.98 Å². The van der Waals surface area contributed by atoms with Gasteiger partial charge in [-0.1, -0.05) is 0 Å². The van der Waals surface area contributed by atoms with E-state index in [2.05, 4.69) is 20.9 Å². The van der Waals surface area contributed by atoms with Crippen LogP contribution in [0.1, 0.15) is 17.6 Å². The number of hydrogen-bond acceptors (Lipinski definition) is 2. The lowest BCUT2D eigenvalue weighted by molar-refractivity contribution is 0.151. The third-order valence-corrected chi connectivity index (χ3v) is 2.16. The number of nitrogen functional groups attached to an aromatic ring is 1. The van der Waals surface area contributed by atoms with Gasteiger partial charge in [0.2, 0.25) is 0 Å². The molecule has 1 aromatic heterocycles. The predicted molar refractivity (Wildman–Crippen MR) is 46.0 cm³/mol. The Morgan fingerprint density at radius 2 is 2.17 bits per heavy atom. The van der Waals surface area contributed by atoms with Gasteiger partial charge in [0.25, 0.3) is 6.43 Å². The Kier molecular flexibility index (Phi) is 2.62. The van der Waals surface area contributed by atoms with Crippen LogP contribution in [-0.2, 0) is 0 Å². The van der Waals surface area contributed by atoms with Gasteiger partial charge in [0.15, 0.2) is 0 Å². The van der Waals surface area contributed by atoms with Crippen molar-refractivity contribution in [2.24, 2.45) is 0 Å². The molecule has 1 aromatic rings. The van der Waals surface area contributed by atoms with E-state index < -0.39 is 6.43 Å². The Labute approximate surface area is 76.9 Å². The predicted octanol–water partition coefficient (Wildman–Crippen LogP) is 2.67. The maximum atomic E-state index is 12.3. The van der Waals surface area contributed by atoms with E-state index >= 15 is 0 Å². The van der Waals surface area contributed by atoms with E-state index in [1.54, 1.807) is 6.92 Å². The molecule has 0 spiro atoms. The van der Waals surface area contributed by atoms with Crippen LogP contribution in [0.2, 0.25) is 0 Å². The number of alkyl halides is 2. The van der Waals surface area contributed by atoms with Crippen molar-refractivity contribution < 1.29 is 8.78 Å². The first-order chi connectivity index (χ1) is 5.54. The van der Waals surface area contributed by atoms with Crippen molar-refractivity contribution in [2.45, 2.75) is 13.3 Å². The van der Waals surface area contributed by atoms with Gasteiger partial charge in [-0.15, -0.1) is 0 Å². The SMILES string of the molecule is Cc1cnc(Br)c(C(F)F)c1N. The van der Waals surface area contributed by atoms with E-state index in [0.717, 1.165) is 0 Å². The molecule has 5 heteroatoms. The smallest absolute Gasteiger partial charge is 0.268 e. The van der Waals surface area contributed by atoms with E-state index in [1.807, 2.05) is 0 Å². The summed E-state index contributed by atoms with van der Waals surface area (Å²) in [4.78, 5) is 3.72. The topological polar surface area (TPSA) is 38.9 Å². The lowest BCUT2D eigenvalue weighted by Gasteiger charge is -2.08. The zero-order chi connectivity index (χ0) is 9.30. The highest BCUT2D eigenvalue weighted by Crippen LogP contribution is 2.32. The number of anilines is 1. The molecular weight excluding hydrogens is 230 g/mol. The van der Waals surface area contributed by atoms with Crippen LogP contribution in [0.5, 0.6) is 0 Å². The third kappa shape index (κ3) is 1.55. The number of halogens is 3. The van der Waals surface area contributed by atoms with Crippen molar-refractivity contribution in [1.29, 1.82) is 0 Å². The normalized spacial score (nSPS) is 10.8. The minimum absolute atomic E-state index is 0.104. The van der Waals surface area contributed by atoms with Gasteiger partial charge in [-0.3, -0.25) is 0 Å². The van der Waals surface area contributed by atoms with E-state index in [-0.39, 0.29) is 15.9 Å². The molecule has 0 aliphatic rings. The van der Waals surface area contributed by atoms with Crippen molar-refractivity contribution in [3.63, 3.8) is 0 Å². The van der Waals surface area contributed by atoms with Gasteiger partial charge in [-0.05, 0) is 28.4 Å². The minimum atomic E-state index is -2.59. The first-order valence-corrected chi connectivity index (χ1v) is 4.02. The summed E-state index contributed by atoms with van der Waals surface area (Å²) in [5, 5.41) is 0. The Morgan fingerprint density at radius 3 is 2.58 bits per heavy atom. The van der Waals surface area contributed by atoms with Gasteiger partial charge < -0.3 is 5.73 Å². The maximum absolute atomic E-state index is 12.3. The second kappa shape index (κ2) is 3.35. The van der Waals surface area contributed by atoms with Crippen molar-refractivity contribution in [3.05, 3.63) is 21.9 Å². The average molecular weight is 237 g/mol. The number of nitrogens with zero attached hydrogens (tertiary/aromatic N) is 1. The van der Waals surface area contributed by atoms with E-state index in [0.29, 0.717) is 5.56 Å². The van der Waals surface area contributed by atoms with Crippen molar-refractivity contribution >= 4 is 21.6 Å². The third-order valence-electron chi connectivity index (χ3n) is 1.53. The van der Waals surface area contributed by atoms with Crippen LogP contribution in [0.15, 0.2) is 10.8 Å². The first kappa shape index (κ1) is 9.38. The molecule has 1 heterocycles. The maximum Gasteiger partial charge on any atom is 0.268 e. The molecule has 0 saturated heterocycles. The lowest BCUT2D eigenvalue weighted by atomic mass is 10.2. The molecule has 66 valence electrons. The Hall–Kier alpha value is -0.710. The van der Waals surface area contributed by atoms with Crippen molar-refractivity contribution in [3.8, 4) is 0 Å². The number of hydrogen-bond donors (Lipinski definition) is 1. The number of nitrogens with two attached hydrogens (primary N) is 1. The summed E-state index contributed by atoms with van der Waals surface area (Å²) in [5.74, 6) is 0. The summed E-state index contributed by atoms with van der Waals surface area (Å²) in [5.41, 5.74) is 5.87. The molecule has 12 heavy (non-hydrogen) atoms. The quantitative estimate of drug-likeness (QED) is 0.762. The van der Waals surface area contributed by atoms with Crippen molar-refractivity contribution in [2.75, 3.05) is 5.73 Å². The van der Waals surface area contributed by atoms with Gasteiger partial charge in [-0.25, -0.2) is 13.8 Å². The summed E-state index contributed by atoms with van der Waals surface area (Å²) in [6, 6.07) is 0. The highest BCUT2D eigenvalue weighted by atomic mass is 79.9. The molecule has 2 N–H and O–H groups in total. The molecule has 0 fully saturated rings. The Balaban J connectivity index is 3.33. The molecule has 0 amide bonds. The van der Waals surface area contributed by atoms with Crippen LogP contribution in [0, 0.1) is 6.92 Å². The Morgan fingerprint density at radius 1 is 1.58 bits per heavy atom.